The Hall–Kier alpha value is -2.30. The monoisotopic (exact) mass is 270 g/mol. The first kappa shape index (κ1) is 11.5. The van der Waals surface area contributed by atoms with Gasteiger partial charge >= 0.3 is 6.09 Å². The molecule has 0 spiro atoms. The zero-order valence-electron chi connectivity index (χ0n) is 10.9. The van der Waals surface area contributed by atoms with Crippen molar-refractivity contribution in [3.8, 4) is 5.75 Å². The van der Waals surface area contributed by atoms with Crippen LogP contribution >= 0.6 is 0 Å². The van der Waals surface area contributed by atoms with Gasteiger partial charge in [0.05, 0.1) is 12.2 Å². The number of carbonyl (C=O) groups excluding carboxylic acids is 1. The topological polar surface area (TPSA) is 51.1 Å². The number of fused-ring (bicyclic) bond motifs is 1. The molecule has 0 radical (unpaired) electrons. The summed E-state index contributed by atoms with van der Waals surface area (Å²) in [5.41, 5.74) is 1.83. The highest BCUT2D eigenvalue weighted by molar-refractivity contribution is 5.85. The van der Waals surface area contributed by atoms with Gasteiger partial charge in [-0.15, -0.1) is 0 Å². The van der Waals surface area contributed by atoms with Crippen molar-refractivity contribution in [2.45, 2.75) is 12.8 Å². The second kappa shape index (κ2) is 4.37. The van der Waals surface area contributed by atoms with Crippen molar-refractivity contribution in [1.29, 1.82) is 0 Å². The molecule has 2 aliphatic heterocycles. The SMILES string of the molecule is O=C1OCCN1/C(=C1/N=Cc2ccccc2O1)C1CC1. The van der Waals surface area contributed by atoms with E-state index in [1.807, 2.05) is 24.3 Å². The lowest BCUT2D eigenvalue weighted by Gasteiger charge is -2.21. The van der Waals surface area contributed by atoms with Crippen molar-refractivity contribution in [2.75, 3.05) is 13.2 Å². The number of para-hydroxylation sites is 1. The smallest absolute Gasteiger partial charge is 0.414 e. The van der Waals surface area contributed by atoms with Crippen LogP contribution in [-0.2, 0) is 4.74 Å². The molecule has 5 heteroatoms. The van der Waals surface area contributed by atoms with E-state index in [2.05, 4.69) is 4.99 Å². The molecule has 2 fully saturated rings. The number of cyclic esters (lactones) is 1. The fraction of sp³-hybridized carbons (Fsp3) is 0.333. The van der Waals surface area contributed by atoms with Crippen LogP contribution in [0.4, 0.5) is 4.79 Å². The quantitative estimate of drug-likeness (QED) is 0.829. The number of allylic oxidation sites excluding steroid dienone is 1. The molecule has 0 unspecified atom stereocenters. The van der Waals surface area contributed by atoms with Crippen LogP contribution in [0.15, 0.2) is 40.8 Å². The molecule has 4 rings (SSSR count). The van der Waals surface area contributed by atoms with E-state index in [-0.39, 0.29) is 6.09 Å². The summed E-state index contributed by atoms with van der Waals surface area (Å²) in [5, 5.41) is 0. The Balaban J connectivity index is 1.75. The fourth-order valence-electron chi connectivity index (χ4n) is 2.54. The zero-order valence-corrected chi connectivity index (χ0v) is 10.9. The van der Waals surface area contributed by atoms with Gasteiger partial charge in [-0.2, -0.15) is 0 Å². The van der Waals surface area contributed by atoms with Crippen LogP contribution in [0.2, 0.25) is 0 Å². The van der Waals surface area contributed by atoms with Gasteiger partial charge in [-0.3, -0.25) is 4.90 Å². The van der Waals surface area contributed by atoms with Gasteiger partial charge in [-0.05, 0) is 25.0 Å². The number of benzene rings is 1. The van der Waals surface area contributed by atoms with Gasteiger partial charge in [0.2, 0.25) is 5.88 Å². The minimum atomic E-state index is -0.294. The molecular formula is C15H14N2O3. The molecule has 0 bridgehead atoms. The fourth-order valence-corrected chi connectivity index (χ4v) is 2.54. The molecule has 20 heavy (non-hydrogen) atoms. The van der Waals surface area contributed by atoms with Gasteiger partial charge in [0, 0.05) is 17.7 Å². The Morgan fingerprint density at radius 2 is 2.15 bits per heavy atom. The lowest BCUT2D eigenvalue weighted by atomic mass is 10.2. The molecule has 1 saturated heterocycles. The van der Waals surface area contributed by atoms with E-state index in [4.69, 9.17) is 9.47 Å². The Morgan fingerprint density at radius 1 is 1.30 bits per heavy atom. The Morgan fingerprint density at radius 3 is 2.90 bits per heavy atom. The van der Waals surface area contributed by atoms with E-state index in [0.717, 1.165) is 29.9 Å². The van der Waals surface area contributed by atoms with Crippen LogP contribution in [-0.4, -0.2) is 30.4 Å². The predicted molar refractivity (Wildman–Crippen MR) is 72.5 cm³/mol. The molecule has 0 atom stereocenters. The number of hydrogen-bond acceptors (Lipinski definition) is 4. The second-order valence-electron chi connectivity index (χ2n) is 5.13. The Bertz CT molecular complexity index is 632. The van der Waals surface area contributed by atoms with E-state index < -0.39 is 0 Å². The minimum absolute atomic E-state index is 0.294. The van der Waals surface area contributed by atoms with Gasteiger partial charge in [-0.25, -0.2) is 9.79 Å². The third-order valence-electron chi connectivity index (χ3n) is 3.68. The van der Waals surface area contributed by atoms with E-state index >= 15 is 0 Å². The van der Waals surface area contributed by atoms with Crippen LogP contribution in [0.3, 0.4) is 0 Å². The number of hydrogen-bond donors (Lipinski definition) is 0. The molecule has 3 aliphatic rings. The van der Waals surface area contributed by atoms with Crippen molar-refractivity contribution >= 4 is 12.3 Å². The molecule has 0 aromatic heterocycles. The van der Waals surface area contributed by atoms with Gasteiger partial charge in [0.1, 0.15) is 12.4 Å². The third kappa shape index (κ3) is 1.86. The van der Waals surface area contributed by atoms with Crippen LogP contribution in [0.1, 0.15) is 18.4 Å². The van der Waals surface area contributed by atoms with Crippen LogP contribution in [0, 0.1) is 5.92 Å². The van der Waals surface area contributed by atoms with Crippen molar-refractivity contribution in [1.82, 2.24) is 4.90 Å². The summed E-state index contributed by atoms with van der Waals surface area (Å²) in [7, 11) is 0. The number of nitrogens with zero attached hydrogens (tertiary/aromatic N) is 2. The molecule has 1 aliphatic carbocycles. The molecule has 1 aromatic rings. The summed E-state index contributed by atoms with van der Waals surface area (Å²) in [6.07, 6.45) is 3.64. The molecule has 1 aromatic carbocycles. The van der Waals surface area contributed by atoms with Crippen molar-refractivity contribution in [3.05, 3.63) is 41.4 Å². The predicted octanol–water partition coefficient (Wildman–Crippen LogP) is 2.53. The highest BCUT2D eigenvalue weighted by atomic mass is 16.6. The number of rotatable bonds is 2. The molecular weight excluding hydrogens is 256 g/mol. The lowest BCUT2D eigenvalue weighted by molar-refractivity contribution is 0.162. The Labute approximate surface area is 116 Å². The van der Waals surface area contributed by atoms with Crippen molar-refractivity contribution < 1.29 is 14.3 Å². The van der Waals surface area contributed by atoms with E-state index in [1.54, 1.807) is 11.1 Å². The van der Waals surface area contributed by atoms with Gasteiger partial charge < -0.3 is 9.47 Å². The number of ether oxygens (including phenoxy) is 2. The first-order valence-electron chi connectivity index (χ1n) is 6.82. The summed E-state index contributed by atoms with van der Waals surface area (Å²) in [6.45, 7) is 1.01. The zero-order chi connectivity index (χ0) is 13.5. The summed E-state index contributed by atoms with van der Waals surface area (Å²) in [5.74, 6) is 1.67. The molecule has 5 nitrogen and oxygen atoms in total. The molecule has 102 valence electrons. The summed E-state index contributed by atoms with van der Waals surface area (Å²) >= 11 is 0. The highest BCUT2D eigenvalue weighted by Crippen LogP contribution is 2.42. The van der Waals surface area contributed by atoms with E-state index in [0.29, 0.717) is 25.0 Å². The maximum Gasteiger partial charge on any atom is 0.414 e. The summed E-state index contributed by atoms with van der Waals surface area (Å²) < 4.78 is 10.9. The van der Waals surface area contributed by atoms with E-state index in [9.17, 15) is 4.79 Å². The largest absolute Gasteiger partial charge is 0.447 e. The van der Waals surface area contributed by atoms with Gasteiger partial charge in [-0.1, -0.05) is 12.1 Å². The van der Waals surface area contributed by atoms with Gasteiger partial charge in [0.25, 0.3) is 0 Å². The molecule has 1 saturated carbocycles. The molecule has 0 N–H and O–H groups in total. The highest BCUT2D eigenvalue weighted by Gasteiger charge is 2.39. The van der Waals surface area contributed by atoms with Crippen LogP contribution in [0.25, 0.3) is 0 Å². The van der Waals surface area contributed by atoms with Crippen molar-refractivity contribution in [2.24, 2.45) is 10.9 Å². The standard InChI is InChI=1S/C15H14N2O3/c18-15-17(7-8-19-15)13(10-5-6-10)14-16-9-11-3-1-2-4-12(11)20-14/h1-4,9-10H,5-8H2/b14-13-. The second-order valence-corrected chi connectivity index (χ2v) is 5.13. The molecule has 2 heterocycles. The summed E-state index contributed by atoms with van der Waals surface area (Å²) in [4.78, 5) is 17.9. The first-order chi connectivity index (χ1) is 9.83. The average molecular weight is 270 g/mol. The normalized spacial score (nSPS) is 23.2. The Kier molecular flexibility index (Phi) is 2.52. The maximum atomic E-state index is 11.8. The summed E-state index contributed by atoms with van der Waals surface area (Å²) in [6, 6.07) is 7.74. The average Bonchev–Trinajstić information content (AvgIpc) is 3.22. The maximum absolute atomic E-state index is 11.8. The van der Waals surface area contributed by atoms with Crippen molar-refractivity contribution in [3.63, 3.8) is 0 Å². The third-order valence-corrected chi connectivity index (χ3v) is 3.68. The number of aliphatic imine (C=N–C) groups is 1. The first-order valence-corrected chi connectivity index (χ1v) is 6.82. The number of amides is 1. The lowest BCUT2D eigenvalue weighted by Crippen LogP contribution is -2.27. The van der Waals surface area contributed by atoms with Crippen LogP contribution < -0.4 is 4.74 Å². The van der Waals surface area contributed by atoms with Gasteiger partial charge in [0.15, 0.2) is 0 Å². The number of carbonyl (C=O) groups is 1. The van der Waals surface area contributed by atoms with Crippen LogP contribution in [0.5, 0.6) is 5.75 Å². The minimum Gasteiger partial charge on any atom is -0.447 e. The van der Waals surface area contributed by atoms with E-state index in [1.165, 1.54) is 0 Å². The molecule has 1 amide bonds.